The maximum absolute atomic E-state index is 12.2. The van der Waals surface area contributed by atoms with Crippen molar-refractivity contribution in [3.63, 3.8) is 0 Å². The molecule has 8 nitrogen and oxygen atoms in total. The number of rotatable bonds is 8. The van der Waals surface area contributed by atoms with Crippen molar-refractivity contribution in [3.05, 3.63) is 59.6 Å². The summed E-state index contributed by atoms with van der Waals surface area (Å²) in [5.41, 5.74) is 1.79. The van der Waals surface area contributed by atoms with Gasteiger partial charge in [-0.2, -0.15) is 0 Å². The maximum Gasteiger partial charge on any atom is 0.325 e. The lowest BCUT2D eigenvalue weighted by Crippen LogP contribution is -2.20. The molecule has 3 N–H and O–H groups in total. The van der Waals surface area contributed by atoms with Crippen molar-refractivity contribution in [2.45, 2.75) is 13.3 Å². The van der Waals surface area contributed by atoms with Crippen LogP contribution in [0.1, 0.15) is 12.6 Å². The summed E-state index contributed by atoms with van der Waals surface area (Å²) in [5.74, 6) is 1.10. The van der Waals surface area contributed by atoms with Crippen molar-refractivity contribution in [2.24, 2.45) is 0 Å². The van der Waals surface area contributed by atoms with Crippen LogP contribution in [-0.4, -0.2) is 30.6 Å². The predicted octanol–water partition coefficient (Wildman–Crippen LogP) is 4.38. The molecule has 0 saturated heterocycles. The molecule has 1 aromatic heterocycles. The summed E-state index contributed by atoms with van der Waals surface area (Å²) >= 11 is 1.24. The first-order valence-electron chi connectivity index (χ1n) is 9.25. The normalized spacial score (nSPS) is 10.2. The maximum atomic E-state index is 12.2. The Hall–Kier alpha value is -3.59. The van der Waals surface area contributed by atoms with Crippen molar-refractivity contribution in [3.8, 4) is 11.5 Å². The molecule has 3 rings (SSSR count). The van der Waals surface area contributed by atoms with Crippen molar-refractivity contribution < 1.29 is 19.1 Å². The van der Waals surface area contributed by atoms with Gasteiger partial charge in [0.05, 0.1) is 31.5 Å². The van der Waals surface area contributed by atoms with Gasteiger partial charge in [-0.05, 0) is 43.3 Å². The van der Waals surface area contributed by atoms with Gasteiger partial charge in [-0.1, -0.05) is 12.1 Å². The Labute approximate surface area is 178 Å². The van der Waals surface area contributed by atoms with Crippen molar-refractivity contribution in [1.82, 2.24) is 4.98 Å². The van der Waals surface area contributed by atoms with Crippen LogP contribution in [-0.2, 0) is 11.2 Å². The van der Waals surface area contributed by atoms with Gasteiger partial charge in [0.1, 0.15) is 11.5 Å². The second-order valence-electron chi connectivity index (χ2n) is 6.11. The van der Waals surface area contributed by atoms with Crippen LogP contribution in [0.5, 0.6) is 11.5 Å². The van der Waals surface area contributed by atoms with Gasteiger partial charge in [-0.3, -0.25) is 10.1 Å². The van der Waals surface area contributed by atoms with Crippen LogP contribution in [0, 0.1) is 0 Å². The van der Waals surface area contributed by atoms with E-state index in [2.05, 4.69) is 20.9 Å². The minimum Gasteiger partial charge on any atom is -0.495 e. The second kappa shape index (κ2) is 10.3. The molecule has 156 valence electrons. The lowest BCUT2D eigenvalue weighted by molar-refractivity contribution is -0.115. The number of thiazole rings is 1. The lowest BCUT2D eigenvalue weighted by Gasteiger charge is -2.09. The molecule has 9 heteroatoms. The van der Waals surface area contributed by atoms with Crippen LogP contribution in [0.15, 0.2) is 53.9 Å². The van der Waals surface area contributed by atoms with E-state index in [1.807, 2.05) is 13.0 Å². The van der Waals surface area contributed by atoms with Crippen LogP contribution in [0.4, 0.5) is 21.3 Å². The smallest absolute Gasteiger partial charge is 0.325 e. The molecule has 0 radical (unpaired) electrons. The Kier molecular flexibility index (Phi) is 7.23. The molecule has 0 spiro atoms. The van der Waals surface area contributed by atoms with E-state index in [1.54, 1.807) is 47.8 Å². The van der Waals surface area contributed by atoms with E-state index in [1.165, 1.54) is 18.4 Å². The van der Waals surface area contributed by atoms with Gasteiger partial charge in [0.2, 0.25) is 5.91 Å². The molecule has 0 bridgehead atoms. The van der Waals surface area contributed by atoms with Crippen molar-refractivity contribution in [1.29, 1.82) is 0 Å². The topological polar surface area (TPSA) is 102 Å². The monoisotopic (exact) mass is 426 g/mol. The van der Waals surface area contributed by atoms with Gasteiger partial charge < -0.3 is 20.1 Å². The second-order valence-corrected chi connectivity index (χ2v) is 6.96. The Balaban J connectivity index is 1.51. The van der Waals surface area contributed by atoms with E-state index in [0.29, 0.717) is 34.6 Å². The fourth-order valence-electron chi connectivity index (χ4n) is 2.62. The van der Waals surface area contributed by atoms with Gasteiger partial charge in [0, 0.05) is 11.1 Å². The summed E-state index contributed by atoms with van der Waals surface area (Å²) in [6.45, 7) is 2.50. The fourth-order valence-corrected chi connectivity index (χ4v) is 3.32. The molecule has 1 heterocycles. The number of carbonyl (C=O) groups excluding carboxylic acids is 2. The van der Waals surface area contributed by atoms with Crippen molar-refractivity contribution >= 4 is 39.8 Å². The third kappa shape index (κ3) is 5.95. The molecule has 0 aliphatic rings. The number of urea groups is 1. The first kappa shape index (κ1) is 21.1. The molecule has 0 aliphatic heterocycles. The fraction of sp³-hybridized carbons (Fsp3) is 0.190. The molecule has 30 heavy (non-hydrogen) atoms. The number of para-hydroxylation sites is 2. The Morgan fingerprint density at radius 1 is 1.03 bits per heavy atom. The molecule has 3 amide bonds. The summed E-state index contributed by atoms with van der Waals surface area (Å²) in [6, 6.07) is 13.8. The molecule has 0 atom stereocenters. The molecule has 3 aromatic rings. The van der Waals surface area contributed by atoms with Gasteiger partial charge in [-0.25, -0.2) is 9.78 Å². The Bertz CT molecular complexity index is 1000. The Morgan fingerprint density at radius 2 is 1.80 bits per heavy atom. The SMILES string of the molecule is CCOc1ccc(NC(=O)Cc2csc(NC(=O)Nc3ccccc3OC)n2)cc1. The molecule has 0 aliphatic carbocycles. The zero-order chi connectivity index (χ0) is 21.3. The molecule has 0 fully saturated rings. The number of hydrogen-bond donors (Lipinski definition) is 3. The first-order valence-corrected chi connectivity index (χ1v) is 10.1. The van der Waals surface area contributed by atoms with E-state index in [0.717, 1.165) is 5.75 Å². The summed E-state index contributed by atoms with van der Waals surface area (Å²) in [5, 5.41) is 10.3. The van der Waals surface area contributed by atoms with Gasteiger partial charge >= 0.3 is 6.03 Å². The van der Waals surface area contributed by atoms with Crippen LogP contribution in [0.25, 0.3) is 0 Å². The third-order valence-corrected chi connectivity index (χ3v) is 4.72. The molecule has 0 unspecified atom stereocenters. The number of hydrogen-bond acceptors (Lipinski definition) is 6. The molecular formula is C21H22N4O4S. The van der Waals surface area contributed by atoms with E-state index < -0.39 is 6.03 Å². The van der Waals surface area contributed by atoms with Crippen molar-refractivity contribution in [2.75, 3.05) is 29.7 Å². The number of nitrogens with zero attached hydrogens (tertiary/aromatic N) is 1. The lowest BCUT2D eigenvalue weighted by atomic mass is 10.2. The number of nitrogens with one attached hydrogen (secondary N) is 3. The Morgan fingerprint density at radius 3 is 2.53 bits per heavy atom. The standard InChI is InChI=1S/C21H22N4O4S/c1-3-29-16-10-8-14(9-11-16)22-19(26)12-15-13-30-21(23-15)25-20(27)24-17-6-4-5-7-18(17)28-2/h4-11,13H,3,12H2,1-2H3,(H,22,26)(H2,23,24,25,27). The number of anilines is 3. The summed E-state index contributed by atoms with van der Waals surface area (Å²) in [6.07, 6.45) is 0.0967. The quantitative estimate of drug-likeness (QED) is 0.496. The van der Waals surface area contributed by atoms with E-state index in [9.17, 15) is 9.59 Å². The molecule has 0 saturated carbocycles. The molecular weight excluding hydrogens is 404 g/mol. The number of amides is 3. The minimum absolute atomic E-state index is 0.0967. The number of carbonyl (C=O) groups is 2. The summed E-state index contributed by atoms with van der Waals surface area (Å²) in [7, 11) is 1.53. The average molecular weight is 426 g/mol. The number of benzene rings is 2. The molecule has 2 aromatic carbocycles. The highest BCUT2D eigenvalue weighted by atomic mass is 32.1. The summed E-state index contributed by atoms with van der Waals surface area (Å²) in [4.78, 5) is 28.7. The number of aromatic nitrogens is 1. The highest BCUT2D eigenvalue weighted by Gasteiger charge is 2.12. The predicted molar refractivity (Wildman–Crippen MR) is 118 cm³/mol. The highest BCUT2D eigenvalue weighted by molar-refractivity contribution is 7.14. The average Bonchev–Trinajstić information content (AvgIpc) is 3.16. The van der Waals surface area contributed by atoms with E-state index in [-0.39, 0.29) is 12.3 Å². The zero-order valence-corrected chi connectivity index (χ0v) is 17.4. The van der Waals surface area contributed by atoms with Crippen LogP contribution in [0.2, 0.25) is 0 Å². The van der Waals surface area contributed by atoms with Gasteiger partial charge in [-0.15, -0.1) is 11.3 Å². The highest BCUT2D eigenvalue weighted by Crippen LogP contribution is 2.24. The van der Waals surface area contributed by atoms with Gasteiger partial charge in [0.25, 0.3) is 0 Å². The van der Waals surface area contributed by atoms with Crippen LogP contribution >= 0.6 is 11.3 Å². The largest absolute Gasteiger partial charge is 0.495 e. The minimum atomic E-state index is -0.445. The summed E-state index contributed by atoms with van der Waals surface area (Å²) < 4.78 is 10.6. The number of ether oxygens (including phenoxy) is 2. The van der Waals surface area contributed by atoms with Gasteiger partial charge in [0.15, 0.2) is 5.13 Å². The van der Waals surface area contributed by atoms with E-state index >= 15 is 0 Å². The first-order chi connectivity index (χ1) is 14.6. The van der Waals surface area contributed by atoms with E-state index in [4.69, 9.17) is 9.47 Å². The third-order valence-electron chi connectivity index (χ3n) is 3.92. The van der Waals surface area contributed by atoms with Crippen LogP contribution < -0.4 is 25.4 Å². The van der Waals surface area contributed by atoms with Crippen LogP contribution in [0.3, 0.4) is 0 Å². The number of methoxy groups -OCH3 is 1. The zero-order valence-electron chi connectivity index (χ0n) is 16.6.